The molecule has 1 unspecified atom stereocenters. The molecular formula is C39H72O4. The van der Waals surface area contributed by atoms with E-state index >= 15 is 0 Å². The number of hydrogen-bond acceptors (Lipinski definition) is 3. The number of hydrogen-bond donors (Lipinski definition) is 1. The van der Waals surface area contributed by atoms with Crippen LogP contribution in [-0.2, 0) is 14.3 Å². The van der Waals surface area contributed by atoms with E-state index in [9.17, 15) is 9.59 Å². The summed E-state index contributed by atoms with van der Waals surface area (Å²) in [6.45, 7) is 4.45. The van der Waals surface area contributed by atoms with Crippen LogP contribution in [0.4, 0.5) is 0 Å². The van der Waals surface area contributed by atoms with Gasteiger partial charge in [-0.25, -0.2) is 0 Å². The van der Waals surface area contributed by atoms with Crippen LogP contribution in [0.5, 0.6) is 0 Å². The van der Waals surface area contributed by atoms with E-state index in [2.05, 4.69) is 38.2 Å². The Balaban J connectivity index is 3.58. The first-order chi connectivity index (χ1) is 21.1. The summed E-state index contributed by atoms with van der Waals surface area (Å²) in [5.41, 5.74) is 0. The lowest BCUT2D eigenvalue weighted by Gasteiger charge is -2.18. The van der Waals surface area contributed by atoms with Gasteiger partial charge >= 0.3 is 11.9 Å². The van der Waals surface area contributed by atoms with Gasteiger partial charge in [-0.2, -0.15) is 0 Å². The van der Waals surface area contributed by atoms with E-state index in [1.54, 1.807) is 0 Å². The van der Waals surface area contributed by atoms with E-state index in [4.69, 9.17) is 9.84 Å². The number of rotatable bonds is 34. The molecule has 1 N–H and O–H groups in total. The van der Waals surface area contributed by atoms with Gasteiger partial charge in [0.1, 0.15) is 6.10 Å². The second-order valence-corrected chi connectivity index (χ2v) is 12.8. The topological polar surface area (TPSA) is 63.6 Å². The molecule has 0 aromatic carbocycles. The van der Waals surface area contributed by atoms with Crippen LogP contribution < -0.4 is 0 Å². The number of unbranched alkanes of at least 4 members (excludes halogenated alkanes) is 21. The Hall–Kier alpha value is -1.58. The SMILES string of the molecule is CCCCC/C=C\C/C=C\CCCCCCCCCCCCCC(=O)OC(CCCC)CCCCCCCCCC(=O)O. The van der Waals surface area contributed by atoms with Gasteiger partial charge in [0.2, 0.25) is 0 Å². The van der Waals surface area contributed by atoms with E-state index in [0.717, 1.165) is 70.6 Å². The average Bonchev–Trinajstić information content (AvgIpc) is 2.99. The normalized spacial score (nSPS) is 12.4. The minimum atomic E-state index is -0.689. The van der Waals surface area contributed by atoms with E-state index < -0.39 is 5.97 Å². The maximum atomic E-state index is 12.4. The number of esters is 1. The fourth-order valence-electron chi connectivity index (χ4n) is 5.61. The minimum Gasteiger partial charge on any atom is -0.481 e. The number of aliphatic carboxylic acids is 1. The number of allylic oxidation sites excluding steroid dienone is 4. The predicted octanol–water partition coefficient (Wildman–Crippen LogP) is 12.8. The summed E-state index contributed by atoms with van der Waals surface area (Å²) in [5.74, 6) is -0.685. The summed E-state index contributed by atoms with van der Waals surface area (Å²) < 4.78 is 5.88. The molecule has 0 aliphatic heterocycles. The van der Waals surface area contributed by atoms with Crippen molar-refractivity contribution in [1.82, 2.24) is 0 Å². The molecular weight excluding hydrogens is 532 g/mol. The zero-order valence-electron chi connectivity index (χ0n) is 28.8. The van der Waals surface area contributed by atoms with Gasteiger partial charge in [-0.1, -0.05) is 154 Å². The third-order valence-electron chi connectivity index (χ3n) is 8.43. The maximum absolute atomic E-state index is 12.4. The molecule has 0 heterocycles. The lowest BCUT2D eigenvalue weighted by molar-refractivity contribution is -0.150. The summed E-state index contributed by atoms with van der Waals surface area (Å²) in [7, 11) is 0. The molecule has 1 atom stereocenters. The summed E-state index contributed by atoms with van der Waals surface area (Å²) >= 11 is 0. The van der Waals surface area contributed by atoms with Crippen LogP contribution >= 0.6 is 0 Å². The molecule has 0 fully saturated rings. The Morgan fingerprint density at radius 2 is 0.930 bits per heavy atom. The molecule has 0 aromatic rings. The zero-order chi connectivity index (χ0) is 31.5. The highest BCUT2D eigenvalue weighted by molar-refractivity contribution is 5.69. The number of carboxylic acid groups (broad SMARTS) is 1. The van der Waals surface area contributed by atoms with Crippen molar-refractivity contribution in [2.24, 2.45) is 0 Å². The lowest BCUT2D eigenvalue weighted by Crippen LogP contribution is -2.18. The first-order valence-electron chi connectivity index (χ1n) is 18.8. The quantitative estimate of drug-likeness (QED) is 0.0451. The third kappa shape index (κ3) is 34.8. The zero-order valence-corrected chi connectivity index (χ0v) is 28.8. The van der Waals surface area contributed by atoms with Gasteiger partial charge in [0.25, 0.3) is 0 Å². The van der Waals surface area contributed by atoms with Gasteiger partial charge in [-0.05, 0) is 64.2 Å². The van der Waals surface area contributed by atoms with Crippen LogP contribution in [0.1, 0.15) is 206 Å². The molecule has 0 radical (unpaired) electrons. The highest BCUT2D eigenvalue weighted by Crippen LogP contribution is 2.18. The molecule has 0 bridgehead atoms. The molecule has 252 valence electrons. The number of carbonyl (C=O) groups is 2. The Bertz CT molecular complexity index is 654. The summed E-state index contributed by atoms with van der Waals surface area (Å²) in [5, 5.41) is 8.70. The highest BCUT2D eigenvalue weighted by atomic mass is 16.5. The van der Waals surface area contributed by atoms with Crippen molar-refractivity contribution in [3.63, 3.8) is 0 Å². The molecule has 4 nitrogen and oxygen atoms in total. The average molecular weight is 605 g/mol. The molecule has 0 aromatic heterocycles. The molecule has 0 aliphatic carbocycles. The Labute approximate surface area is 267 Å². The molecule has 0 spiro atoms. The second-order valence-electron chi connectivity index (χ2n) is 12.8. The first-order valence-corrected chi connectivity index (χ1v) is 18.8. The highest BCUT2D eigenvalue weighted by Gasteiger charge is 2.14. The van der Waals surface area contributed by atoms with E-state index in [0.29, 0.717) is 12.8 Å². The molecule has 4 heteroatoms. The summed E-state index contributed by atoms with van der Waals surface area (Å²) in [4.78, 5) is 23.0. The molecule has 0 aliphatic rings. The Morgan fingerprint density at radius 1 is 0.512 bits per heavy atom. The Morgan fingerprint density at radius 3 is 1.44 bits per heavy atom. The third-order valence-corrected chi connectivity index (χ3v) is 8.43. The maximum Gasteiger partial charge on any atom is 0.306 e. The van der Waals surface area contributed by atoms with Gasteiger partial charge in [0.15, 0.2) is 0 Å². The van der Waals surface area contributed by atoms with Crippen molar-refractivity contribution < 1.29 is 19.4 Å². The van der Waals surface area contributed by atoms with Gasteiger partial charge in [-0.3, -0.25) is 9.59 Å². The number of ether oxygens (including phenoxy) is 1. The fourth-order valence-corrected chi connectivity index (χ4v) is 5.61. The van der Waals surface area contributed by atoms with Gasteiger partial charge in [0.05, 0.1) is 0 Å². The molecule has 0 saturated heterocycles. The standard InChI is InChI=1S/C39H72O4/c1-3-5-7-8-9-10-11-12-13-14-15-16-17-18-19-20-21-22-26-29-32-36-39(42)43-37(33-6-4-2)34-30-27-24-23-25-28-31-35-38(40)41/h9-10,12-13,37H,3-8,11,14-36H2,1-2H3,(H,40,41)/b10-9-,13-12-. The monoisotopic (exact) mass is 605 g/mol. The van der Waals surface area contributed by atoms with Gasteiger partial charge < -0.3 is 9.84 Å². The largest absolute Gasteiger partial charge is 0.481 e. The van der Waals surface area contributed by atoms with Crippen molar-refractivity contribution in [2.45, 2.75) is 213 Å². The predicted molar refractivity (Wildman–Crippen MR) is 186 cm³/mol. The number of carboxylic acids is 1. The molecule has 0 amide bonds. The van der Waals surface area contributed by atoms with E-state index in [-0.39, 0.29) is 12.1 Å². The lowest BCUT2D eigenvalue weighted by atomic mass is 10.0. The van der Waals surface area contributed by atoms with Gasteiger partial charge in [-0.15, -0.1) is 0 Å². The van der Waals surface area contributed by atoms with Crippen molar-refractivity contribution in [2.75, 3.05) is 0 Å². The minimum absolute atomic E-state index is 0.00432. The van der Waals surface area contributed by atoms with Crippen molar-refractivity contribution in [1.29, 1.82) is 0 Å². The second kappa shape index (κ2) is 34.9. The summed E-state index contributed by atoms with van der Waals surface area (Å²) in [6.07, 6.45) is 43.8. The van der Waals surface area contributed by atoms with Crippen LogP contribution in [0.2, 0.25) is 0 Å². The summed E-state index contributed by atoms with van der Waals surface area (Å²) in [6, 6.07) is 0. The van der Waals surface area contributed by atoms with Crippen molar-refractivity contribution in [3.05, 3.63) is 24.3 Å². The molecule has 43 heavy (non-hydrogen) atoms. The van der Waals surface area contributed by atoms with E-state index in [1.807, 2.05) is 0 Å². The first kappa shape index (κ1) is 41.4. The van der Waals surface area contributed by atoms with Crippen LogP contribution in [0, 0.1) is 0 Å². The van der Waals surface area contributed by atoms with Gasteiger partial charge in [0, 0.05) is 12.8 Å². The molecule has 0 rings (SSSR count). The van der Waals surface area contributed by atoms with Crippen LogP contribution in [0.3, 0.4) is 0 Å². The molecule has 0 saturated carbocycles. The van der Waals surface area contributed by atoms with Crippen LogP contribution in [-0.4, -0.2) is 23.1 Å². The Kier molecular flexibility index (Phi) is 33.6. The van der Waals surface area contributed by atoms with Crippen LogP contribution in [0.15, 0.2) is 24.3 Å². The number of carbonyl (C=O) groups excluding carboxylic acids is 1. The van der Waals surface area contributed by atoms with Crippen molar-refractivity contribution >= 4 is 11.9 Å². The smallest absolute Gasteiger partial charge is 0.306 e. The van der Waals surface area contributed by atoms with Crippen LogP contribution in [0.25, 0.3) is 0 Å². The van der Waals surface area contributed by atoms with E-state index in [1.165, 1.54) is 109 Å². The fraction of sp³-hybridized carbons (Fsp3) is 0.846. The van der Waals surface area contributed by atoms with Crippen molar-refractivity contribution in [3.8, 4) is 0 Å².